The number of hydrogen-bond donors (Lipinski definition) is 2. The molecule has 6 nitrogen and oxygen atoms in total. The number of hydrogen-bond acceptors (Lipinski definition) is 3. The van der Waals surface area contributed by atoms with Crippen LogP contribution < -0.4 is 10.6 Å². The van der Waals surface area contributed by atoms with Gasteiger partial charge in [-0.3, -0.25) is 14.7 Å². The first-order chi connectivity index (χ1) is 12.0. The van der Waals surface area contributed by atoms with E-state index in [1.807, 2.05) is 21.1 Å². The Hall–Kier alpha value is -0.570. The number of likely N-dealkylation sites (tertiary alicyclic amines) is 1. The van der Waals surface area contributed by atoms with Crippen LogP contribution in [0, 0.1) is 5.92 Å². The van der Waals surface area contributed by atoms with Gasteiger partial charge in [0.1, 0.15) is 0 Å². The minimum Gasteiger partial charge on any atom is -0.356 e. The maximum atomic E-state index is 12.2. The number of rotatable bonds is 6. The first kappa shape index (κ1) is 23.5. The van der Waals surface area contributed by atoms with E-state index in [0.29, 0.717) is 6.04 Å². The first-order valence-corrected chi connectivity index (χ1v) is 9.93. The van der Waals surface area contributed by atoms with Crippen LogP contribution in [0.4, 0.5) is 0 Å². The van der Waals surface area contributed by atoms with Crippen molar-refractivity contribution in [3.8, 4) is 0 Å². The molecule has 2 rings (SSSR count). The smallest absolute Gasteiger partial charge is 0.239 e. The Morgan fingerprint density at radius 3 is 2.50 bits per heavy atom. The standard InChI is InChI=1S/C19H37N5O.HI/c1-15-8-10-16(11-9-15)22-19(20-2)21-12-6-14-24-13-5-7-17(24)18(25)23(3)4;/h15-17H,5-14H2,1-4H3,(H2,20,21,22);1H. The third-order valence-corrected chi connectivity index (χ3v) is 5.58. The molecule has 7 heteroatoms. The summed E-state index contributed by atoms with van der Waals surface area (Å²) >= 11 is 0. The lowest BCUT2D eigenvalue weighted by atomic mass is 9.87. The lowest BCUT2D eigenvalue weighted by Gasteiger charge is -2.28. The molecule has 0 aromatic rings. The highest BCUT2D eigenvalue weighted by Gasteiger charge is 2.31. The Bertz CT molecular complexity index is 449. The van der Waals surface area contributed by atoms with E-state index in [9.17, 15) is 4.79 Å². The Labute approximate surface area is 176 Å². The molecule has 1 unspecified atom stereocenters. The second kappa shape index (κ2) is 12.0. The summed E-state index contributed by atoms with van der Waals surface area (Å²) in [6, 6.07) is 0.639. The van der Waals surface area contributed by atoms with Crippen molar-refractivity contribution in [3.63, 3.8) is 0 Å². The van der Waals surface area contributed by atoms with Gasteiger partial charge in [-0.05, 0) is 57.4 Å². The molecular weight excluding hydrogens is 441 g/mol. The molecule has 2 fully saturated rings. The normalized spacial score (nSPS) is 26.9. The fourth-order valence-electron chi connectivity index (χ4n) is 3.95. The topological polar surface area (TPSA) is 60.0 Å². The van der Waals surface area contributed by atoms with Crippen LogP contribution in [0.1, 0.15) is 51.9 Å². The van der Waals surface area contributed by atoms with Crippen LogP contribution in [-0.2, 0) is 4.79 Å². The highest BCUT2D eigenvalue weighted by Crippen LogP contribution is 2.23. The number of carbonyl (C=O) groups excluding carboxylic acids is 1. The summed E-state index contributed by atoms with van der Waals surface area (Å²) in [6.07, 6.45) is 8.25. The molecule has 1 aliphatic heterocycles. The van der Waals surface area contributed by atoms with Crippen LogP contribution in [0.15, 0.2) is 4.99 Å². The summed E-state index contributed by atoms with van der Waals surface area (Å²) in [4.78, 5) is 20.6. The largest absolute Gasteiger partial charge is 0.356 e. The summed E-state index contributed by atoms with van der Waals surface area (Å²) < 4.78 is 0. The SMILES string of the molecule is CN=C(NCCCN1CCCC1C(=O)N(C)C)NC1CCC(C)CC1.I. The molecule has 152 valence electrons. The summed E-state index contributed by atoms with van der Waals surface area (Å²) in [5, 5.41) is 7.00. The molecule has 0 bridgehead atoms. The number of halogens is 1. The van der Waals surface area contributed by atoms with Crippen molar-refractivity contribution in [1.29, 1.82) is 0 Å². The number of nitrogens with one attached hydrogen (secondary N) is 2. The molecule has 1 saturated heterocycles. The number of likely N-dealkylation sites (N-methyl/N-ethyl adjacent to an activating group) is 1. The molecule has 1 atom stereocenters. The van der Waals surface area contributed by atoms with Crippen molar-refractivity contribution in [2.45, 2.75) is 64.0 Å². The highest BCUT2D eigenvalue weighted by atomic mass is 127. The minimum absolute atomic E-state index is 0. The molecule has 2 aliphatic rings. The van der Waals surface area contributed by atoms with E-state index in [2.05, 4.69) is 27.4 Å². The maximum Gasteiger partial charge on any atom is 0.239 e. The van der Waals surface area contributed by atoms with Crippen LogP contribution in [0.5, 0.6) is 0 Å². The van der Waals surface area contributed by atoms with Crippen molar-refractivity contribution >= 4 is 35.8 Å². The molecule has 2 N–H and O–H groups in total. The van der Waals surface area contributed by atoms with Gasteiger partial charge in [-0.25, -0.2) is 0 Å². The second-order valence-electron chi connectivity index (χ2n) is 7.88. The zero-order chi connectivity index (χ0) is 18.2. The van der Waals surface area contributed by atoms with Gasteiger partial charge in [0.2, 0.25) is 5.91 Å². The van der Waals surface area contributed by atoms with E-state index in [1.165, 1.54) is 25.7 Å². The number of nitrogens with zero attached hydrogens (tertiary/aromatic N) is 3. The van der Waals surface area contributed by atoms with Crippen molar-refractivity contribution in [3.05, 3.63) is 0 Å². The summed E-state index contributed by atoms with van der Waals surface area (Å²) in [5.74, 6) is 2.03. The molecule has 1 heterocycles. The van der Waals surface area contributed by atoms with Crippen LogP contribution >= 0.6 is 24.0 Å². The maximum absolute atomic E-state index is 12.2. The van der Waals surface area contributed by atoms with E-state index < -0.39 is 0 Å². The van der Waals surface area contributed by atoms with Crippen molar-refractivity contribution in [1.82, 2.24) is 20.4 Å². The summed E-state index contributed by atoms with van der Waals surface area (Å²) in [7, 11) is 5.54. The van der Waals surface area contributed by atoms with Crippen LogP contribution in [0.25, 0.3) is 0 Å². The zero-order valence-corrected chi connectivity index (χ0v) is 19.3. The minimum atomic E-state index is 0. The molecule has 0 aromatic carbocycles. The van der Waals surface area contributed by atoms with E-state index in [-0.39, 0.29) is 35.9 Å². The van der Waals surface area contributed by atoms with Gasteiger partial charge in [0.25, 0.3) is 0 Å². The number of guanidine groups is 1. The van der Waals surface area contributed by atoms with E-state index in [0.717, 1.165) is 50.8 Å². The molecule has 1 saturated carbocycles. The van der Waals surface area contributed by atoms with E-state index >= 15 is 0 Å². The van der Waals surface area contributed by atoms with Crippen LogP contribution in [0.2, 0.25) is 0 Å². The van der Waals surface area contributed by atoms with Gasteiger partial charge in [-0.1, -0.05) is 6.92 Å². The quantitative estimate of drug-likeness (QED) is 0.266. The van der Waals surface area contributed by atoms with Gasteiger partial charge < -0.3 is 15.5 Å². The predicted molar refractivity (Wildman–Crippen MR) is 119 cm³/mol. The van der Waals surface area contributed by atoms with Crippen molar-refractivity contribution in [2.75, 3.05) is 40.8 Å². The Morgan fingerprint density at radius 1 is 1.19 bits per heavy atom. The Morgan fingerprint density at radius 2 is 1.88 bits per heavy atom. The lowest BCUT2D eigenvalue weighted by molar-refractivity contribution is -0.133. The average molecular weight is 479 g/mol. The monoisotopic (exact) mass is 479 g/mol. The molecule has 1 aliphatic carbocycles. The molecule has 0 spiro atoms. The Kier molecular flexibility index (Phi) is 10.8. The molecular formula is C19H38IN5O. The zero-order valence-electron chi connectivity index (χ0n) is 17.0. The van der Waals surface area contributed by atoms with E-state index in [4.69, 9.17) is 0 Å². The fraction of sp³-hybridized carbons (Fsp3) is 0.895. The fourth-order valence-corrected chi connectivity index (χ4v) is 3.95. The molecule has 0 radical (unpaired) electrons. The average Bonchev–Trinajstić information content (AvgIpc) is 3.06. The summed E-state index contributed by atoms with van der Waals surface area (Å²) in [5.41, 5.74) is 0. The van der Waals surface area contributed by atoms with Gasteiger partial charge >= 0.3 is 0 Å². The first-order valence-electron chi connectivity index (χ1n) is 9.93. The van der Waals surface area contributed by atoms with Gasteiger partial charge in [-0.2, -0.15) is 0 Å². The number of amides is 1. The molecule has 26 heavy (non-hydrogen) atoms. The van der Waals surface area contributed by atoms with Crippen LogP contribution in [0.3, 0.4) is 0 Å². The Balaban J connectivity index is 0.00000338. The third-order valence-electron chi connectivity index (χ3n) is 5.58. The third kappa shape index (κ3) is 7.21. The number of carbonyl (C=O) groups is 1. The molecule has 1 amide bonds. The van der Waals surface area contributed by atoms with Gasteiger partial charge in [-0.15, -0.1) is 24.0 Å². The van der Waals surface area contributed by atoms with Gasteiger partial charge in [0, 0.05) is 40.3 Å². The van der Waals surface area contributed by atoms with Crippen molar-refractivity contribution in [2.24, 2.45) is 10.9 Å². The second-order valence-corrected chi connectivity index (χ2v) is 7.88. The van der Waals surface area contributed by atoms with Crippen molar-refractivity contribution < 1.29 is 4.79 Å². The van der Waals surface area contributed by atoms with Gasteiger partial charge in [0.15, 0.2) is 5.96 Å². The highest BCUT2D eigenvalue weighted by molar-refractivity contribution is 14.0. The molecule has 0 aromatic heterocycles. The van der Waals surface area contributed by atoms with Crippen LogP contribution in [-0.4, -0.2) is 74.5 Å². The number of aliphatic imine (C=N–C) groups is 1. The van der Waals surface area contributed by atoms with E-state index in [1.54, 1.807) is 4.90 Å². The summed E-state index contributed by atoms with van der Waals surface area (Å²) in [6.45, 7) is 5.24. The predicted octanol–water partition coefficient (Wildman–Crippen LogP) is 2.29. The lowest BCUT2D eigenvalue weighted by Crippen LogP contribution is -2.46. The van der Waals surface area contributed by atoms with Gasteiger partial charge in [0.05, 0.1) is 6.04 Å².